The molecular formula is C14H19NO3S. The highest BCUT2D eigenvalue weighted by molar-refractivity contribution is 8.00. The third kappa shape index (κ3) is 5.34. The van der Waals surface area contributed by atoms with E-state index in [1.165, 1.54) is 7.11 Å². The average molecular weight is 281 g/mol. The third-order valence-corrected chi connectivity index (χ3v) is 3.42. The lowest BCUT2D eigenvalue weighted by molar-refractivity contribution is -0.140. The maximum absolute atomic E-state index is 12.0. The number of thioether (sulfide) groups is 1. The second-order valence-corrected chi connectivity index (χ2v) is 5.86. The number of amides is 1. The molecule has 0 aliphatic carbocycles. The average Bonchev–Trinajstić information content (AvgIpc) is 2.38. The Morgan fingerprint density at radius 3 is 2.63 bits per heavy atom. The van der Waals surface area contributed by atoms with Gasteiger partial charge in [-0.05, 0) is 12.1 Å². The van der Waals surface area contributed by atoms with Gasteiger partial charge in [0.05, 0.1) is 19.1 Å². The maximum atomic E-state index is 12.0. The summed E-state index contributed by atoms with van der Waals surface area (Å²) < 4.78 is 4.52. The smallest absolute Gasteiger partial charge is 0.307 e. The van der Waals surface area contributed by atoms with Crippen LogP contribution in [-0.2, 0) is 9.53 Å². The molecule has 1 aromatic rings. The fourth-order valence-electron chi connectivity index (χ4n) is 1.49. The summed E-state index contributed by atoms with van der Waals surface area (Å²) in [4.78, 5) is 24.0. The van der Waals surface area contributed by atoms with Crippen molar-refractivity contribution >= 4 is 23.6 Å². The maximum Gasteiger partial charge on any atom is 0.307 e. The van der Waals surface area contributed by atoms with E-state index >= 15 is 0 Å². The summed E-state index contributed by atoms with van der Waals surface area (Å²) in [5.74, 6) is -0.488. The molecule has 0 spiro atoms. The van der Waals surface area contributed by atoms with Gasteiger partial charge in [-0.15, -0.1) is 11.8 Å². The van der Waals surface area contributed by atoms with Crippen molar-refractivity contribution in [3.05, 3.63) is 29.8 Å². The van der Waals surface area contributed by atoms with Gasteiger partial charge in [0.25, 0.3) is 5.91 Å². The Hall–Kier alpha value is -1.49. The highest BCUT2D eigenvalue weighted by Crippen LogP contribution is 2.26. The first-order valence-electron chi connectivity index (χ1n) is 6.15. The zero-order valence-corrected chi connectivity index (χ0v) is 12.3. The Morgan fingerprint density at radius 2 is 2.00 bits per heavy atom. The summed E-state index contributed by atoms with van der Waals surface area (Å²) in [6, 6.07) is 7.47. The van der Waals surface area contributed by atoms with Crippen molar-refractivity contribution in [2.45, 2.75) is 30.4 Å². The summed E-state index contributed by atoms with van der Waals surface area (Å²) in [5, 5.41) is 3.13. The minimum absolute atomic E-state index is 0.160. The fraction of sp³-hybridized carbons (Fsp3) is 0.429. The van der Waals surface area contributed by atoms with Gasteiger partial charge in [0.1, 0.15) is 0 Å². The molecule has 0 saturated carbocycles. The van der Waals surface area contributed by atoms with E-state index in [-0.39, 0.29) is 24.8 Å². The summed E-state index contributed by atoms with van der Waals surface area (Å²) in [5.41, 5.74) is 0.645. The van der Waals surface area contributed by atoms with Crippen LogP contribution in [0.25, 0.3) is 0 Å². The van der Waals surface area contributed by atoms with Crippen LogP contribution < -0.4 is 5.32 Å². The monoisotopic (exact) mass is 281 g/mol. The Labute approximate surface area is 117 Å². The van der Waals surface area contributed by atoms with Crippen LogP contribution in [-0.4, -0.2) is 30.8 Å². The highest BCUT2D eigenvalue weighted by Gasteiger charge is 2.12. The van der Waals surface area contributed by atoms with Crippen molar-refractivity contribution in [2.75, 3.05) is 13.7 Å². The largest absolute Gasteiger partial charge is 0.469 e. The molecule has 1 amide bonds. The highest BCUT2D eigenvalue weighted by atomic mass is 32.2. The number of ether oxygens (including phenoxy) is 1. The van der Waals surface area contributed by atoms with E-state index in [4.69, 9.17) is 0 Å². The molecule has 0 atom stereocenters. The van der Waals surface area contributed by atoms with E-state index in [0.717, 1.165) is 4.90 Å². The van der Waals surface area contributed by atoms with E-state index in [9.17, 15) is 9.59 Å². The molecule has 5 heteroatoms. The molecule has 0 aliphatic rings. The van der Waals surface area contributed by atoms with Crippen molar-refractivity contribution < 1.29 is 14.3 Å². The van der Waals surface area contributed by atoms with Gasteiger partial charge in [-0.2, -0.15) is 0 Å². The summed E-state index contributed by atoms with van der Waals surface area (Å²) in [6.45, 7) is 4.44. The van der Waals surface area contributed by atoms with Crippen molar-refractivity contribution in [3.8, 4) is 0 Å². The first-order valence-corrected chi connectivity index (χ1v) is 7.03. The minimum atomic E-state index is -0.329. The molecule has 0 heterocycles. The zero-order chi connectivity index (χ0) is 14.3. The Morgan fingerprint density at radius 1 is 1.32 bits per heavy atom. The second-order valence-electron chi connectivity index (χ2n) is 4.24. The van der Waals surface area contributed by atoms with Crippen LogP contribution in [0.1, 0.15) is 30.6 Å². The lowest BCUT2D eigenvalue weighted by Crippen LogP contribution is -2.26. The lowest BCUT2D eigenvalue weighted by Gasteiger charge is -2.11. The van der Waals surface area contributed by atoms with Crippen LogP contribution in [0.4, 0.5) is 0 Å². The molecule has 0 radical (unpaired) electrons. The van der Waals surface area contributed by atoms with Gasteiger partial charge in [0, 0.05) is 16.7 Å². The molecule has 1 aromatic carbocycles. The quantitative estimate of drug-likeness (QED) is 0.643. The van der Waals surface area contributed by atoms with E-state index in [1.807, 2.05) is 18.2 Å². The Bertz CT molecular complexity index is 446. The van der Waals surface area contributed by atoms with Crippen molar-refractivity contribution in [2.24, 2.45) is 0 Å². The number of esters is 1. The molecule has 104 valence electrons. The number of benzene rings is 1. The number of carbonyl (C=O) groups excluding carboxylic acids is 2. The van der Waals surface area contributed by atoms with Crippen LogP contribution in [0.2, 0.25) is 0 Å². The molecule has 0 aromatic heterocycles. The third-order valence-electron chi connectivity index (χ3n) is 2.34. The Kier molecular flexibility index (Phi) is 6.42. The summed E-state index contributed by atoms with van der Waals surface area (Å²) in [6.07, 6.45) is 0.182. The standard InChI is InChI=1S/C14H19NO3S/c1-10(2)19-12-7-5-4-6-11(12)14(17)15-9-8-13(16)18-3/h4-7,10H,8-9H2,1-3H3,(H,15,17). The van der Waals surface area contributed by atoms with E-state index < -0.39 is 0 Å². The molecule has 0 unspecified atom stereocenters. The first-order chi connectivity index (χ1) is 9.04. The van der Waals surface area contributed by atoms with E-state index in [2.05, 4.69) is 23.9 Å². The van der Waals surface area contributed by atoms with Crippen molar-refractivity contribution in [3.63, 3.8) is 0 Å². The molecule has 0 bridgehead atoms. The Balaban J connectivity index is 2.63. The van der Waals surface area contributed by atoms with E-state index in [1.54, 1.807) is 17.8 Å². The fourth-order valence-corrected chi connectivity index (χ4v) is 2.44. The van der Waals surface area contributed by atoms with Crippen LogP contribution in [0.15, 0.2) is 29.2 Å². The first kappa shape index (κ1) is 15.6. The SMILES string of the molecule is COC(=O)CCNC(=O)c1ccccc1SC(C)C. The second kappa shape index (κ2) is 7.84. The minimum Gasteiger partial charge on any atom is -0.469 e. The predicted molar refractivity (Wildman–Crippen MR) is 76.4 cm³/mol. The predicted octanol–water partition coefficient (Wildman–Crippen LogP) is 2.48. The van der Waals surface area contributed by atoms with Gasteiger partial charge in [-0.3, -0.25) is 9.59 Å². The van der Waals surface area contributed by atoms with Gasteiger partial charge < -0.3 is 10.1 Å². The van der Waals surface area contributed by atoms with Gasteiger partial charge in [-0.1, -0.05) is 26.0 Å². The molecule has 0 fully saturated rings. The summed E-state index contributed by atoms with van der Waals surface area (Å²) in [7, 11) is 1.33. The van der Waals surface area contributed by atoms with Gasteiger partial charge in [0.15, 0.2) is 0 Å². The number of methoxy groups -OCH3 is 1. The normalized spacial score (nSPS) is 10.3. The zero-order valence-electron chi connectivity index (χ0n) is 11.4. The molecule has 4 nitrogen and oxygen atoms in total. The van der Waals surface area contributed by atoms with Crippen LogP contribution in [0, 0.1) is 0 Å². The van der Waals surface area contributed by atoms with Crippen molar-refractivity contribution in [1.29, 1.82) is 0 Å². The molecule has 19 heavy (non-hydrogen) atoms. The van der Waals surface area contributed by atoms with Crippen molar-refractivity contribution in [1.82, 2.24) is 5.32 Å². The number of hydrogen-bond acceptors (Lipinski definition) is 4. The van der Waals surface area contributed by atoms with Gasteiger partial charge >= 0.3 is 5.97 Å². The topological polar surface area (TPSA) is 55.4 Å². The molecule has 0 saturated heterocycles. The number of carbonyl (C=O) groups is 2. The molecular weight excluding hydrogens is 262 g/mol. The number of nitrogens with one attached hydrogen (secondary N) is 1. The van der Waals surface area contributed by atoms with Gasteiger partial charge in [0.2, 0.25) is 0 Å². The molecule has 1 rings (SSSR count). The van der Waals surface area contributed by atoms with Crippen LogP contribution in [0.5, 0.6) is 0 Å². The van der Waals surface area contributed by atoms with Crippen LogP contribution in [0.3, 0.4) is 0 Å². The van der Waals surface area contributed by atoms with Crippen LogP contribution >= 0.6 is 11.8 Å². The molecule has 1 N–H and O–H groups in total. The van der Waals surface area contributed by atoms with E-state index in [0.29, 0.717) is 10.8 Å². The lowest BCUT2D eigenvalue weighted by atomic mass is 10.2. The number of rotatable bonds is 6. The molecule has 0 aliphatic heterocycles. The summed E-state index contributed by atoms with van der Waals surface area (Å²) >= 11 is 1.65. The number of hydrogen-bond donors (Lipinski definition) is 1. The van der Waals surface area contributed by atoms with Gasteiger partial charge in [-0.25, -0.2) is 0 Å².